The number of rotatable bonds is 8. The normalized spacial score (nSPS) is 11.0. The van der Waals surface area contributed by atoms with Crippen molar-refractivity contribution in [1.29, 1.82) is 0 Å². The molecule has 0 atom stereocenters. The van der Waals surface area contributed by atoms with Gasteiger partial charge in [-0.05, 0) is 59.0 Å². The van der Waals surface area contributed by atoms with Gasteiger partial charge < -0.3 is 28.4 Å². The van der Waals surface area contributed by atoms with E-state index in [1.165, 1.54) is 6.08 Å². The molecule has 0 unspecified atom stereocenters. The molecule has 31 heavy (non-hydrogen) atoms. The van der Waals surface area contributed by atoms with Crippen molar-refractivity contribution >= 4 is 33.6 Å². The highest BCUT2D eigenvalue weighted by atomic mass is 16.5. The zero-order valence-corrected chi connectivity index (χ0v) is 18.5. The van der Waals surface area contributed by atoms with E-state index in [9.17, 15) is 4.79 Å². The van der Waals surface area contributed by atoms with Gasteiger partial charge in [0.25, 0.3) is 0 Å². The van der Waals surface area contributed by atoms with E-state index in [0.717, 1.165) is 27.1 Å². The average Bonchev–Trinajstić information content (AvgIpc) is 2.80. The van der Waals surface area contributed by atoms with Crippen LogP contribution in [0, 0.1) is 0 Å². The van der Waals surface area contributed by atoms with Gasteiger partial charge in [0.15, 0.2) is 23.0 Å². The summed E-state index contributed by atoms with van der Waals surface area (Å²) in [6, 6.07) is 7.59. The molecule has 0 aliphatic heterocycles. The second kappa shape index (κ2) is 9.47. The molecule has 3 aromatic rings. The van der Waals surface area contributed by atoms with Crippen LogP contribution in [-0.4, -0.2) is 48.1 Å². The largest absolute Gasteiger partial charge is 0.493 e. The lowest BCUT2D eigenvalue weighted by molar-refractivity contribution is -0.137. The molecule has 0 aliphatic carbocycles. The maximum Gasteiger partial charge on any atom is 0.330 e. The quantitative estimate of drug-likeness (QED) is 0.296. The van der Waals surface area contributed by atoms with Gasteiger partial charge in [0.1, 0.15) is 0 Å². The Morgan fingerprint density at radius 2 is 1.39 bits per heavy atom. The van der Waals surface area contributed by atoms with E-state index in [1.54, 1.807) is 48.5 Å². The Kier molecular flexibility index (Phi) is 6.74. The number of benzene rings is 3. The molecule has 164 valence electrons. The van der Waals surface area contributed by atoms with Crippen molar-refractivity contribution in [2.75, 3.05) is 42.2 Å². The van der Waals surface area contributed by atoms with Crippen molar-refractivity contribution in [3.05, 3.63) is 35.9 Å². The van der Waals surface area contributed by atoms with Crippen LogP contribution in [0.3, 0.4) is 0 Å². The first-order valence-electron chi connectivity index (χ1n) is 9.69. The van der Waals surface area contributed by atoms with Crippen LogP contribution in [-0.2, 0) is 9.53 Å². The minimum Gasteiger partial charge on any atom is -0.493 e. The van der Waals surface area contributed by atoms with Gasteiger partial charge in [-0.15, -0.1) is 0 Å². The first-order chi connectivity index (χ1) is 15.0. The van der Waals surface area contributed by atoms with E-state index in [0.29, 0.717) is 35.4 Å². The highest BCUT2D eigenvalue weighted by molar-refractivity contribution is 6.16. The molecule has 0 radical (unpaired) electrons. The molecule has 0 aliphatic rings. The van der Waals surface area contributed by atoms with Gasteiger partial charge in [0.05, 0.1) is 42.2 Å². The molecule has 3 aromatic carbocycles. The van der Waals surface area contributed by atoms with Gasteiger partial charge in [0, 0.05) is 11.5 Å². The lowest BCUT2D eigenvalue weighted by Gasteiger charge is -2.19. The van der Waals surface area contributed by atoms with Gasteiger partial charge >= 0.3 is 5.97 Å². The molecule has 0 fully saturated rings. The minimum absolute atomic E-state index is 0.303. The van der Waals surface area contributed by atoms with Crippen molar-refractivity contribution in [3.63, 3.8) is 0 Å². The first kappa shape index (κ1) is 22.1. The number of carbonyl (C=O) groups excluding carboxylic acids is 1. The van der Waals surface area contributed by atoms with Crippen LogP contribution in [0.5, 0.6) is 28.7 Å². The van der Waals surface area contributed by atoms with E-state index in [4.69, 9.17) is 28.4 Å². The highest BCUT2D eigenvalue weighted by Crippen LogP contribution is 2.48. The monoisotopic (exact) mass is 426 g/mol. The molecule has 0 N–H and O–H groups in total. The van der Waals surface area contributed by atoms with Crippen LogP contribution < -0.4 is 23.7 Å². The average molecular weight is 426 g/mol. The van der Waals surface area contributed by atoms with Gasteiger partial charge in [-0.25, -0.2) is 4.79 Å². The van der Waals surface area contributed by atoms with Gasteiger partial charge in [-0.3, -0.25) is 0 Å². The summed E-state index contributed by atoms with van der Waals surface area (Å²) in [6.45, 7) is 2.07. The standard InChI is InChI=1S/C24H26O7/c1-7-31-21(25)9-8-14-10-15-11-18(26-2)19(27-3)12-17(15)22-16(14)13-20(28-4)23(29-5)24(22)30-6/h8-13H,7H2,1-6H3/b9-8+. The number of esters is 1. The fourth-order valence-electron chi connectivity index (χ4n) is 3.61. The Morgan fingerprint density at radius 3 is 1.97 bits per heavy atom. The van der Waals surface area contributed by atoms with Crippen molar-refractivity contribution in [3.8, 4) is 28.7 Å². The third-order valence-electron chi connectivity index (χ3n) is 4.96. The van der Waals surface area contributed by atoms with Crippen LogP contribution in [0.1, 0.15) is 12.5 Å². The molecule has 7 heteroatoms. The smallest absolute Gasteiger partial charge is 0.330 e. The predicted molar refractivity (Wildman–Crippen MR) is 120 cm³/mol. The zero-order chi connectivity index (χ0) is 22.5. The summed E-state index contributed by atoms with van der Waals surface area (Å²) in [5.74, 6) is 2.26. The molecule has 0 spiro atoms. The number of ether oxygens (including phenoxy) is 6. The Morgan fingerprint density at radius 1 is 0.774 bits per heavy atom. The maximum atomic E-state index is 11.9. The Balaban J connectivity index is 2.48. The number of hydrogen-bond acceptors (Lipinski definition) is 7. The van der Waals surface area contributed by atoms with Crippen molar-refractivity contribution < 1.29 is 33.2 Å². The van der Waals surface area contributed by atoms with Crippen molar-refractivity contribution in [2.45, 2.75) is 6.92 Å². The fourth-order valence-corrected chi connectivity index (χ4v) is 3.61. The zero-order valence-electron chi connectivity index (χ0n) is 18.5. The number of methoxy groups -OCH3 is 5. The highest BCUT2D eigenvalue weighted by Gasteiger charge is 2.21. The van der Waals surface area contributed by atoms with Crippen molar-refractivity contribution in [2.24, 2.45) is 0 Å². The van der Waals surface area contributed by atoms with E-state index < -0.39 is 5.97 Å². The lowest BCUT2D eigenvalue weighted by Crippen LogP contribution is -1.99. The summed E-state index contributed by atoms with van der Waals surface area (Å²) < 4.78 is 32.9. The van der Waals surface area contributed by atoms with E-state index >= 15 is 0 Å². The molecule has 0 saturated carbocycles. The van der Waals surface area contributed by atoms with Crippen molar-refractivity contribution in [1.82, 2.24) is 0 Å². The Labute approximate surface area is 181 Å². The van der Waals surface area contributed by atoms with E-state index in [2.05, 4.69) is 0 Å². The first-order valence-corrected chi connectivity index (χ1v) is 9.69. The Bertz CT molecular complexity index is 1150. The summed E-state index contributed by atoms with van der Waals surface area (Å²) in [5, 5.41) is 3.36. The van der Waals surface area contributed by atoms with Gasteiger partial charge in [-0.2, -0.15) is 0 Å². The fraction of sp³-hybridized carbons (Fsp3) is 0.292. The van der Waals surface area contributed by atoms with Crippen LogP contribution in [0.25, 0.3) is 27.6 Å². The maximum absolute atomic E-state index is 11.9. The SMILES string of the molecule is CCOC(=O)/C=C/c1cc2cc(OC)c(OC)cc2c2c(OC)c(OC)c(OC)cc12. The van der Waals surface area contributed by atoms with Gasteiger partial charge in [0.2, 0.25) is 5.75 Å². The lowest BCUT2D eigenvalue weighted by atomic mass is 9.95. The molecule has 3 rings (SSSR count). The molecule has 0 saturated heterocycles. The van der Waals surface area contributed by atoms with Crippen LogP contribution in [0.15, 0.2) is 30.3 Å². The third-order valence-corrected chi connectivity index (χ3v) is 4.96. The van der Waals surface area contributed by atoms with Crippen LogP contribution >= 0.6 is 0 Å². The topological polar surface area (TPSA) is 72.5 Å². The summed E-state index contributed by atoms with van der Waals surface area (Å²) in [6.07, 6.45) is 3.11. The molecule has 0 bridgehead atoms. The van der Waals surface area contributed by atoms with Crippen LogP contribution in [0.2, 0.25) is 0 Å². The molecule has 0 heterocycles. The van der Waals surface area contributed by atoms with Crippen LogP contribution in [0.4, 0.5) is 0 Å². The second-order valence-electron chi connectivity index (χ2n) is 6.55. The number of fused-ring (bicyclic) bond motifs is 3. The Hall–Kier alpha value is -3.61. The van der Waals surface area contributed by atoms with Gasteiger partial charge in [-0.1, -0.05) is 0 Å². The molecule has 7 nitrogen and oxygen atoms in total. The molecule has 0 amide bonds. The summed E-state index contributed by atoms with van der Waals surface area (Å²) in [4.78, 5) is 11.9. The third kappa shape index (κ3) is 4.03. The predicted octanol–water partition coefficient (Wildman–Crippen LogP) is 4.61. The number of hydrogen-bond donors (Lipinski definition) is 0. The van der Waals surface area contributed by atoms with E-state index in [-0.39, 0.29) is 0 Å². The minimum atomic E-state index is -0.421. The summed E-state index contributed by atoms with van der Waals surface area (Å²) in [7, 11) is 7.86. The van der Waals surface area contributed by atoms with E-state index in [1.807, 2.05) is 24.3 Å². The molecular weight excluding hydrogens is 400 g/mol. The second-order valence-corrected chi connectivity index (χ2v) is 6.55. The molecular formula is C24H26O7. The summed E-state index contributed by atoms with van der Waals surface area (Å²) in [5.41, 5.74) is 0.780. The molecule has 0 aromatic heterocycles. The summed E-state index contributed by atoms with van der Waals surface area (Å²) >= 11 is 0. The number of carbonyl (C=O) groups is 1.